The van der Waals surface area contributed by atoms with E-state index in [9.17, 15) is 12.8 Å². The number of aromatic nitrogens is 2. The molecule has 2 heterocycles. The molecule has 0 fully saturated rings. The number of thiophene rings is 1. The molecule has 3 aromatic rings. The summed E-state index contributed by atoms with van der Waals surface area (Å²) in [5.41, 5.74) is 0.451. The molecule has 24 heavy (non-hydrogen) atoms. The minimum absolute atomic E-state index is 0.0862. The SMILES string of the molecule is O=S(=O)(Nc1nn(Cc2ccccc2F)cc1Br)c1ccc(Cl)s1. The lowest BCUT2D eigenvalue weighted by atomic mass is 10.2. The van der Waals surface area contributed by atoms with Crippen LogP contribution in [0, 0.1) is 5.82 Å². The zero-order valence-corrected chi connectivity index (χ0v) is 15.9. The van der Waals surface area contributed by atoms with Crippen LogP contribution in [-0.4, -0.2) is 18.2 Å². The fraction of sp³-hybridized carbons (Fsp3) is 0.0714. The summed E-state index contributed by atoms with van der Waals surface area (Å²) in [7, 11) is -3.78. The smallest absolute Gasteiger partial charge is 0.265 e. The predicted octanol–water partition coefficient (Wildman–Crippen LogP) is 4.35. The van der Waals surface area contributed by atoms with E-state index in [1.54, 1.807) is 24.4 Å². The molecule has 0 radical (unpaired) electrons. The van der Waals surface area contributed by atoms with Gasteiger partial charge in [-0.25, -0.2) is 12.8 Å². The van der Waals surface area contributed by atoms with Gasteiger partial charge in [0.05, 0.1) is 15.4 Å². The molecule has 5 nitrogen and oxygen atoms in total. The van der Waals surface area contributed by atoms with Gasteiger partial charge in [-0.15, -0.1) is 11.3 Å². The van der Waals surface area contributed by atoms with Crippen LogP contribution in [0.15, 0.2) is 51.3 Å². The van der Waals surface area contributed by atoms with Crippen molar-refractivity contribution in [2.75, 3.05) is 4.72 Å². The van der Waals surface area contributed by atoms with Gasteiger partial charge in [-0.1, -0.05) is 29.8 Å². The fourth-order valence-corrected chi connectivity index (χ4v) is 5.01. The van der Waals surface area contributed by atoms with Crippen molar-refractivity contribution in [3.05, 3.63) is 62.8 Å². The number of sulfonamides is 1. The Bertz CT molecular complexity index is 988. The Kier molecular flexibility index (Phi) is 4.95. The van der Waals surface area contributed by atoms with Crippen molar-refractivity contribution in [3.8, 4) is 0 Å². The van der Waals surface area contributed by atoms with Crippen molar-refractivity contribution in [3.63, 3.8) is 0 Å². The van der Waals surface area contributed by atoms with Crippen LogP contribution in [0.1, 0.15) is 5.56 Å². The molecule has 0 aliphatic carbocycles. The molecular formula is C14H10BrClFN3O2S2. The average Bonchev–Trinajstić information content (AvgIpc) is 3.08. The van der Waals surface area contributed by atoms with Gasteiger partial charge in [-0.05, 0) is 34.1 Å². The molecule has 3 rings (SSSR count). The zero-order chi connectivity index (χ0) is 17.3. The summed E-state index contributed by atoms with van der Waals surface area (Å²) in [4.78, 5) is 0. The highest BCUT2D eigenvalue weighted by Gasteiger charge is 2.20. The number of nitrogens with zero attached hydrogens (tertiary/aromatic N) is 2. The van der Waals surface area contributed by atoms with Gasteiger partial charge in [0.1, 0.15) is 10.0 Å². The van der Waals surface area contributed by atoms with Gasteiger partial charge < -0.3 is 0 Å². The van der Waals surface area contributed by atoms with E-state index in [0.29, 0.717) is 14.4 Å². The van der Waals surface area contributed by atoms with Gasteiger partial charge in [0.2, 0.25) is 0 Å². The van der Waals surface area contributed by atoms with Crippen LogP contribution in [0.25, 0.3) is 0 Å². The molecule has 126 valence electrons. The molecule has 2 aromatic heterocycles. The van der Waals surface area contributed by atoms with Crippen LogP contribution in [-0.2, 0) is 16.6 Å². The van der Waals surface area contributed by atoms with Gasteiger partial charge in [0.25, 0.3) is 10.0 Å². The second kappa shape index (κ2) is 6.83. The van der Waals surface area contributed by atoms with Crippen molar-refractivity contribution < 1.29 is 12.8 Å². The van der Waals surface area contributed by atoms with E-state index in [2.05, 4.69) is 25.8 Å². The molecule has 0 aliphatic heterocycles. The van der Waals surface area contributed by atoms with Crippen LogP contribution in [0.4, 0.5) is 10.2 Å². The third-order valence-electron chi connectivity index (χ3n) is 3.05. The second-order valence-corrected chi connectivity index (χ2v) is 9.26. The molecule has 0 amide bonds. The van der Waals surface area contributed by atoms with Gasteiger partial charge in [-0.2, -0.15) is 5.10 Å². The Morgan fingerprint density at radius 1 is 1.29 bits per heavy atom. The first-order valence-corrected chi connectivity index (χ1v) is 10.1. The molecule has 0 atom stereocenters. The predicted molar refractivity (Wildman–Crippen MR) is 95.6 cm³/mol. The van der Waals surface area contributed by atoms with Crippen molar-refractivity contribution >= 4 is 54.7 Å². The molecule has 0 saturated carbocycles. The Morgan fingerprint density at radius 2 is 2.04 bits per heavy atom. The molecular weight excluding hydrogens is 441 g/mol. The number of rotatable bonds is 5. The van der Waals surface area contributed by atoms with E-state index >= 15 is 0 Å². The minimum atomic E-state index is -3.78. The van der Waals surface area contributed by atoms with Crippen molar-refractivity contribution in [1.82, 2.24) is 9.78 Å². The number of anilines is 1. The maximum absolute atomic E-state index is 13.7. The summed E-state index contributed by atoms with van der Waals surface area (Å²) in [6.45, 7) is 0.178. The Labute approximate surface area is 155 Å². The first kappa shape index (κ1) is 17.4. The van der Waals surface area contributed by atoms with E-state index in [1.807, 2.05) is 0 Å². The molecule has 1 N–H and O–H groups in total. The first-order chi connectivity index (χ1) is 11.3. The summed E-state index contributed by atoms with van der Waals surface area (Å²) >= 11 is 9.97. The van der Waals surface area contributed by atoms with Crippen molar-refractivity contribution in [1.29, 1.82) is 0 Å². The molecule has 0 unspecified atom stereocenters. The third-order valence-corrected chi connectivity index (χ3v) is 6.69. The molecule has 0 spiro atoms. The summed E-state index contributed by atoms with van der Waals surface area (Å²) in [5, 5.41) is 4.15. The lowest BCUT2D eigenvalue weighted by molar-refractivity contribution is 0.585. The van der Waals surface area contributed by atoms with Gasteiger partial charge in [-0.3, -0.25) is 9.40 Å². The molecule has 0 saturated heterocycles. The van der Waals surface area contributed by atoms with Gasteiger partial charge >= 0.3 is 0 Å². The maximum atomic E-state index is 13.7. The van der Waals surface area contributed by atoms with Gasteiger partial charge in [0.15, 0.2) is 5.82 Å². The third kappa shape index (κ3) is 3.80. The second-order valence-electron chi connectivity index (χ2n) is 4.78. The van der Waals surface area contributed by atoms with E-state index < -0.39 is 10.0 Å². The monoisotopic (exact) mass is 449 g/mol. The highest BCUT2D eigenvalue weighted by molar-refractivity contribution is 9.10. The number of nitrogens with one attached hydrogen (secondary N) is 1. The Morgan fingerprint density at radius 3 is 2.71 bits per heavy atom. The molecule has 1 aromatic carbocycles. The molecule has 0 aliphatic rings. The first-order valence-electron chi connectivity index (χ1n) is 6.60. The van der Waals surface area contributed by atoms with Gasteiger partial charge in [0, 0.05) is 11.8 Å². The lowest BCUT2D eigenvalue weighted by Gasteiger charge is -2.04. The Balaban J connectivity index is 1.83. The average molecular weight is 451 g/mol. The normalized spacial score (nSPS) is 11.6. The topological polar surface area (TPSA) is 64.0 Å². The number of hydrogen-bond acceptors (Lipinski definition) is 4. The van der Waals surface area contributed by atoms with Crippen molar-refractivity contribution in [2.45, 2.75) is 10.8 Å². The number of hydrogen-bond donors (Lipinski definition) is 1. The van der Waals surface area contributed by atoms with Crippen LogP contribution in [0.2, 0.25) is 4.34 Å². The van der Waals surface area contributed by atoms with Crippen molar-refractivity contribution in [2.24, 2.45) is 0 Å². The van der Waals surface area contributed by atoms with Crippen LogP contribution < -0.4 is 4.72 Å². The lowest BCUT2D eigenvalue weighted by Crippen LogP contribution is -2.13. The summed E-state index contributed by atoms with van der Waals surface area (Å²) < 4.78 is 43.0. The number of halogens is 3. The van der Waals surface area contributed by atoms with E-state index in [0.717, 1.165) is 11.3 Å². The number of benzene rings is 1. The summed E-state index contributed by atoms with van der Waals surface area (Å²) in [6, 6.07) is 9.25. The fourth-order valence-electron chi connectivity index (χ4n) is 1.97. The standard InChI is InChI=1S/C14H10BrClFN3O2S2/c15-10-8-20(7-9-3-1-2-4-11(9)17)18-14(10)19-24(21,22)13-6-5-12(16)23-13/h1-6,8H,7H2,(H,18,19). The molecule has 10 heteroatoms. The summed E-state index contributed by atoms with van der Waals surface area (Å²) in [6.07, 6.45) is 1.58. The quantitative estimate of drug-likeness (QED) is 0.628. The Hall–Kier alpha value is -1.42. The van der Waals surface area contributed by atoms with E-state index in [1.165, 1.54) is 22.9 Å². The molecule has 0 bridgehead atoms. The largest absolute Gasteiger partial charge is 0.272 e. The van der Waals surface area contributed by atoms with Crippen LogP contribution in [0.3, 0.4) is 0 Å². The van der Waals surface area contributed by atoms with E-state index in [4.69, 9.17) is 11.6 Å². The van der Waals surface area contributed by atoms with E-state index in [-0.39, 0.29) is 22.4 Å². The maximum Gasteiger partial charge on any atom is 0.272 e. The van der Waals surface area contributed by atoms with Crippen LogP contribution >= 0.6 is 38.9 Å². The minimum Gasteiger partial charge on any atom is -0.265 e. The van der Waals surface area contributed by atoms with Crippen LogP contribution in [0.5, 0.6) is 0 Å². The zero-order valence-electron chi connectivity index (χ0n) is 11.9. The highest BCUT2D eigenvalue weighted by Crippen LogP contribution is 2.29. The summed E-state index contributed by atoms with van der Waals surface area (Å²) in [5.74, 6) is -0.227. The highest BCUT2D eigenvalue weighted by atomic mass is 79.9.